The maximum atomic E-state index is 12.4. The van der Waals surface area contributed by atoms with E-state index in [1.54, 1.807) is 0 Å². The molecule has 1 aromatic carbocycles. The lowest BCUT2D eigenvalue weighted by Crippen LogP contribution is -2.47. The van der Waals surface area contributed by atoms with Gasteiger partial charge in [-0.05, 0) is 31.9 Å². The number of primary amides is 1. The van der Waals surface area contributed by atoms with Crippen LogP contribution in [-0.2, 0) is 14.3 Å². The Morgan fingerprint density at radius 2 is 1.90 bits per heavy atom. The maximum absolute atomic E-state index is 12.4. The smallest absolute Gasteiger partial charge is 0.339 e. The number of carbonyl (C=O) groups is 4. The zero-order valence-electron chi connectivity index (χ0n) is 16.7. The summed E-state index contributed by atoms with van der Waals surface area (Å²) in [6, 6.07) is 1.93. The summed E-state index contributed by atoms with van der Waals surface area (Å²) in [7, 11) is 1.32. The van der Waals surface area contributed by atoms with Crippen LogP contribution in [0.15, 0.2) is 12.1 Å². The molecule has 1 aliphatic rings. The van der Waals surface area contributed by atoms with Crippen molar-refractivity contribution in [3.8, 4) is 11.5 Å². The number of carbonyl (C=O) groups excluding carboxylic acids is 4. The lowest BCUT2D eigenvalue weighted by Gasteiger charge is -2.16. The minimum atomic E-state index is -1.23. The molecule has 10 nitrogen and oxygen atoms in total. The van der Waals surface area contributed by atoms with E-state index in [-0.39, 0.29) is 28.1 Å². The van der Waals surface area contributed by atoms with E-state index < -0.39 is 36.5 Å². The molecule has 4 N–H and O–H groups in total. The Morgan fingerprint density at radius 1 is 1.23 bits per heavy atom. The normalized spacial score (nSPS) is 14.5. The van der Waals surface area contributed by atoms with Gasteiger partial charge in [-0.2, -0.15) is 0 Å². The Labute approximate surface area is 178 Å². The Balaban J connectivity index is 1.98. The standard InChI is InChI=1S/C19H24ClN3O7/c1-10(17(25)23-19(27)22-12-5-3-4-6-12)30-18(26)11-7-13(20)16(14(8-11)28-2)29-9-15(21)24/h7-8,10,12H,3-6,9H2,1-2H3,(H2,21,24)(H2,22,23,25,27). The van der Waals surface area contributed by atoms with Crippen molar-refractivity contribution in [2.45, 2.75) is 44.8 Å². The van der Waals surface area contributed by atoms with E-state index in [9.17, 15) is 19.2 Å². The molecule has 0 aromatic heterocycles. The van der Waals surface area contributed by atoms with Crippen LogP contribution in [0.2, 0.25) is 5.02 Å². The first-order valence-corrected chi connectivity index (χ1v) is 9.70. The Bertz CT molecular complexity index is 825. The molecule has 0 aliphatic heterocycles. The third-order valence-electron chi connectivity index (χ3n) is 4.40. The Morgan fingerprint density at radius 3 is 2.50 bits per heavy atom. The van der Waals surface area contributed by atoms with Gasteiger partial charge in [-0.25, -0.2) is 9.59 Å². The van der Waals surface area contributed by atoms with E-state index in [0.717, 1.165) is 25.7 Å². The van der Waals surface area contributed by atoms with Crippen molar-refractivity contribution in [2.24, 2.45) is 5.73 Å². The van der Waals surface area contributed by atoms with Crippen LogP contribution in [-0.4, -0.2) is 49.7 Å². The number of esters is 1. The van der Waals surface area contributed by atoms with Crippen LogP contribution in [0.25, 0.3) is 0 Å². The van der Waals surface area contributed by atoms with Gasteiger partial charge in [0.05, 0.1) is 17.7 Å². The molecule has 0 heterocycles. The summed E-state index contributed by atoms with van der Waals surface area (Å²) >= 11 is 6.09. The zero-order valence-corrected chi connectivity index (χ0v) is 17.4. The van der Waals surface area contributed by atoms with Crippen molar-refractivity contribution in [1.29, 1.82) is 0 Å². The zero-order chi connectivity index (χ0) is 22.3. The van der Waals surface area contributed by atoms with Crippen LogP contribution >= 0.6 is 11.6 Å². The fourth-order valence-corrected chi connectivity index (χ4v) is 3.17. The molecule has 0 spiro atoms. The van der Waals surface area contributed by atoms with Crippen molar-refractivity contribution in [3.05, 3.63) is 22.7 Å². The number of hydrogen-bond acceptors (Lipinski definition) is 7. The van der Waals surface area contributed by atoms with Gasteiger partial charge in [-0.15, -0.1) is 0 Å². The second-order valence-corrected chi connectivity index (χ2v) is 7.14. The molecular formula is C19H24ClN3O7. The van der Waals surface area contributed by atoms with Gasteiger partial charge in [-0.1, -0.05) is 24.4 Å². The van der Waals surface area contributed by atoms with Gasteiger partial charge in [0, 0.05) is 6.04 Å². The lowest BCUT2D eigenvalue weighted by molar-refractivity contribution is -0.128. The lowest BCUT2D eigenvalue weighted by atomic mass is 10.2. The highest BCUT2D eigenvalue weighted by Gasteiger charge is 2.24. The summed E-state index contributed by atoms with van der Waals surface area (Å²) in [5.74, 6) is -2.24. The van der Waals surface area contributed by atoms with Gasteiger partial charge in [0.2, 0.25) is 0 Å². The third-order valence-corrected chi connectivity index (χ3v) is 4.68. The van der Waals surface area contributed by atoms with Gasteiger partial charge in [0.15, 0.2) is 24.2 Å². The molecular weight excluding hydrogens is 418 g/mol. The van der Waals surface area contributed by atoms with Crippen molar-refractivity contribution in [1.82, 2.24) is 10.6 Å². The van der Waals surface area contributed by atoms with Gasteiger partial charge in [0.1, 0.15) is 0 Å². The highest BCUT2D eigenvalue weighted by Crippen LogP contribution is 2.36. The summed E-state index contributed by atoms with van der Waals surface area (Å²) in [5.41, 5.74) is 5.02. The maximum Gasteiger partial charge on any atom is 0.339 e. The first-order chi connectivity index (χ1) is 14.2. The fourth-order valence-electron chi connectivity index (χ4n) is 2.91. The highest BCUT2D eigenvalue weighted by molar-refractivity contribution is 6.32. The van der Waals surface area contributed by atoms with Gasteiger partial charge < -0.3 is 25.3 Å². The number of urea groups is 1. The van der Waals surface area contributed by atoms with Crippen LogP contribution in [0, 0.1) is 0 Å². The molecule has 0 radical (unpaired) electrons. The monoisotopic (exact) mass is 441 g/mol. The molecule has 1 atom stereocenters. The molecule has 1 saturated carbocycles. The first-order valence-electron chi connectivity index (χ1n) is 9.32. The van der Waals surface area contributed by atoms with E-state index in [2.05, 4.69) is 10.6 Å². The molecule has 1 aliphatic carbocycles. The number of methoxy groups -OCH3 is 1. The summed E-state index contributed by atoms with van der Waals surface area (Å²) in [5, 5.41) is 4.84. The fraction of sp³-hybridized carbons (Fsp3) is 0.474. The van der Waals surface area contributed by atoms with E-state index in [0.29, 0.717) is 0 Å². The summed E-state index contributed by atoms with van der Waals surface area (Å²) in [6.07, 6.45) is 2.57. The van der Waals surface area contributed by atoms with Crippen molar-refractivity contribution >= 4 is 35.4 Å². The molecule has 2 rings (SSSR count). The molecule has 0 bridgehead atoms. The molecule has 1 unspecified atom stereocenters. The third kappa shape index (κ3) is 6.51. The van der Waals surface area contributed by atoms with Crippen LogP contribution in [0.5, 0.6) is 11.5 Å². The number of benzene rings is 1. The minimum Gasteiger partial charge on any atom is -0.493 e. The predicted molar refractivity (Wildman–Crippen MR) is 107 cm³/mol. The quantitative estimate of drug-likeness (QED) is 0.518. The minimum absolute atomic E-state index is 0.0154. The first kappa shape index (κ1) is 23.3. The molecule has 0 saturated heterocycles. The molecule has 4 amide bonds. The van der Waals surface area contributed by atoms with Crippen LogP contribution in [0.4, 0.5) is 4.79 Å². The molecule has 1 aromatic rings. The van der Waals surface area contributed by atoms with Crippen molar-refractivity contribution in [2.75, 3.05) is 13.7 Å². The number of halogens is 1. The largest absolute Gasteiger partial charge is 0.493 e. The second kappa shape index (κ2) is 10.7. The predicted octanol–water partition coefficient (Wildman–Crippen LogP) is 1.53. The molecule has 164 valence electrons. The molecule has 11 heteroatoms. The number of nitrogens with one attached hydrogen (secondary N) is 2. The average molecular weight is 442 g/mol. The van der Waals surface area contributed by atoms with Crippen molar-refractivity contribution in [3.63, 3.8) is 0 Å². The van der Waals surface area contributed by atoms with Gasteiger partial charge in [0.25, 0.3) is 11.8 Å². The Kier molecular flexibility index (Phi) is 8.28. The number of rotatable bonds is 8. The van der Waals surface area contributed by atoms with E-state index in [4.69, 9.17) is 31.5 Å². The van der Waals surface area contributed by atoms with Gasteiger partial charge >= 0.3 is 12.0 Å². The number of amides is 4. The average Bonchev–Trinajstić information content (AvgIpc) is 3.18. The topological polar surface area (TPSA) is 146 Å². The Hall–Kier alpha value is -3.01. The summed E-state index contributed by atoms with van der Waals surface area (Å²) < 4.78 is 15.4. The van der Waals surface area contributed by atoms with E-state index >= 15 is 0 Å². The number of imide groups is 1. The van der Waals surface area contributed by atoms with Crippen LogP contribution in [0.3, 0.4) is 0 Å². The van der Waals surface area contributed by atoms with E-state index in [1.165, 1.54) is 26.2 Å². The summed E-state index contributed by atoms with van der Waals surface area (Å²) in [4.78, 5) is 47.3. The number of ether oxygens (including phenoxy) is 3. The number of nitrogens with two attached hydrogens (primary N) is 1. The van der Waals surface area contributed by atoms with Crippen LogP contribution in [0.1, 0.15) is 43.0 Å². The molecule has 30 heavy (non-hydrogen) atoms. The second-order valence-electron chi connectivity index (χ2n) is 6.74. The number of hydrogen-bond donors (Lipinski definition) is 3. The van der Waals surface area contributed by atoms with Crippen molar-refractivity contribution < 1.29 is 33.4 Å². The summed E-state index contributed by atoms with van der Waals surface area (Å²) in [6.45, 7) is 0.902. The van der Waals surface area contributed by atoms with Crippen LogP contribution < -0.4 is 25.8 Å². The SMILES string of the molecule is COc1cc(C(=O)OC(C)C(=O)NC(=O)NC2CCCC2)cc(Cl)c1OCC(N)=O. The van der Waals surface area contributed by atoms with E-state index in [1.807, 2.05) is 0 Å². The van der Waals surface area contributed by atoms with Gasteiger partial charge in [-0.3, -0.25) is 14.9 Å². The highest BCUT2D eigenvalue weighted by atomic mass is 35.5. The molecule has 1 fully saturated rings.